The van der Waals surface area contributed by atoms with Gasteiger partial charge in [0.05, 0.1) is 18.3 Å². The van der Waals surface area contributed by atoms with Crippen LogP contribution in [0.25, 0.3) is 11.6 Å². The molecule has 1 aliphatic heterocycles. The molecule has 0 amide bonds. The van der Waals surface area contributed by atoms with Crippen LogP contribution in [0.1, 0.15) is 36.5 Å². The minimum absolute atomic E-state index is 0.508. The fourth-order valence-electron chi connectivity index (χ4n) is 2.66. The summed E-state index contributed by atoms with van der Waals surface area (Å²) in [4.78, 5) is 0. The maximum Gasteiger partial charge on any atom is 0.174 e. The third-order valence-corrected chi connectivity index (χ3v) is 3.92. The average molecular weight is 317 g/mol. The largest absolute Gasteiger partial charge is 0.310 e. The number of nitrogens with zero attached hydrogens (tertiary/aromatic N) is 6. The van der Waals surface area contributed by atoms with Crippen molar-refractivity contribution in [2.45, 2.75) is 38.8 Å². The fraction of sp³-hybridized carbons (Fsp3) is 0.467. The van der Waals surface area contributed by atoms with Crippen molar-refractivity contribution in [2.75, 3.05) is 5.88 Å². The summed E-state index contributed by atoms with van der Waals surface area (Å²) in [7, 11) is 0. The summed E-state index contributed by atoms with van der Waals surface area (Å²) >= 11 is 5.70. The Morgan fingerprint density at radius 2 is 2.27 bits per heavy atom. The Labute approximate surface area is 134 Å². The number of fused-ring (bicyclic) bond motifs is 1. The first-order valence-corrected chi connectivity index (χ1v) is 7.98. The van der Waals surface area contributed by atoms with E-state index in [9.17, 15) is 5.26 Å². The zero-order chi connectivity index (χ0) is 15.4. The van der Waals surface area contributed by atoms with Gasteiger partial charge in [-0.05, 0) is 18.9 Å². The maximum atomic E-state index is 9.49. The van der Waals surface area contributed by atoms with E-state index in [-0.39, 0.29) is 0 Å². The summed E-state index contributed by atoms with van der Waals surface area (Å²) in [5.74, 6) is 2.14. The van der Waals surface area contributed by atoms with Crippen molar-refractivity contribution in [3.63, 3.8) is 0 Å². The summed E-state index contributed by atoms with van der Waals surface area (Å²) in [5, 5.41) is 22.2. The van der Waals surface area contributed by atoms with Gasteiger partial charge in [-0.25, -0.2) is 0 Å². The summed E-state index contributed by atoms with van der Waals surface area (Å²) in [6.07, 6.45) is 9.77. The van der Waals surface area contributed by atoms with Gasteiger partial charge in [-0.15, -0.1) is 21.8 Å². The van der Waals surface area contributed by atoms with Crippen molar-refractivity contribution in [1.82, 2.24) is 24.5 Å². The van der Waals surface area contributed by atoms with Crippen molar-refractivity contribution in [1.29, 1.82) is 5.26 Å². The van der Waals surface area contributed by atoms with Gasteiger partial charge in [-0.3, -0.25) is 4.68 Å². The molecular weight excluding hydrogens is 300 g/mol. The number of halogens is 1. The molecule has 2 aromatic rings. The van der Waals surface area contributed by atoms with E-state index < -0.39 is 0 Å². The van der Waals surface area contributed by atoms with Crippen molar-refractivity contribution in [3.05, 3.63) is 29.6 Å². The zero-order valence-electron chi connectivity index (χ0n) is 12.2. The van der Waals surface area contributed by atoms with E-state index in [0.29, 0.717) is 23.8 Å². The molecule has 0 bridgehead atoms. The number of hydrogen-bond donors (Lipinski definition) is 0. The van der Waals surface area contributed by atoms with Crippen LogP contribution in [0.2, 0.25) is 0 Å². The number of nitriles is 1. The van der Waals surface area contributed by atoms with E-state index in [0.717, 1.165) is 37.2 Å². The molecular formula is C15H17ClN6. The summed E-state index contributed by atoms with van der Waals surface area (Å²) < 4.78 is 3.84. The predicted octanol–water partition coefficient (Wildman–Crippen LogP) is 2.50. The highest BCUT2D eigenvalue weighted by Crippen LogP contribution is 2.21. The molecule has 114 valence electrons. The van der Waals surface area contributed by atoms with E-state index in [4.69, 9.17) is 11.6 Å². The lowest BCUT2D eigenvalue weighted by atomic mass is 10.2. The molecule has 0 fully saturated rings. The molecule has 3 rings (SSSR count). The van der Waals surface area contributed by atoms with Crippen LogP contribution >= 0.6 is 11.6 Å². The van der Waals surface area contributed by atoms with Gasteiger partial charge in [-0.2, -0.15) is 10.4 Å². The molecule has 0 atom stereocenters. The van der Waals surface area contributed by atoms with Crippen molar-refractivity contribution in [3.8, 4) is 6.07 Å². The second-order valence-corrected chi connectivity index (χ2v) is 5.68. The lowest BCUT2D eigenvalue weighted by Crippen LogP contribution is -2.05. The Bertz CT molecular complexity index is 721. The molecule has 0 unspecified atom stereocenters. The molecule has 0 spiro atoms. The Morgan fingerprint density at radius 1 is 1.36 bits per heavy atom. The van der Waals surface area contributed by atoms with Crippen LogP contribution < -0.4 is 0 Å². The van der Waals surface area contributed by atoms with Gasteiger partial charge in [0, 0.05) is 30.6 Å². The lowest BCUT2D eigenvalue weighted by Gasteiger charge is -2.05. The molecule has 0 radical (unpaired) electrons. The molecule has 2 aromatic heterocycles. The van der Waals surface area contributed by atoms with Gasteiger partial charge < -0.3 is 4.57 Å². The third kappa shape index (κ3) is 3.04. The molecule has 3 heterocycles. The van der Waals surface area contributed by atoms with Crippen LogP contribution in [0, 0.1) is 11.3 Å². The normalized spacial score (nSPS) is 15.2. The first-order chi connectivity index (χ1) is 10.8. The van der Waals surface area contributed by atoms with E-state index in [1.54, 1.807) is 17.0 Å². The topological polar surface area (TPSA) is 72.3 Å². The molecule has 0 aromatic carbocycles. The van der Waals surface area contributed by atoms with Crippen LogP contribution in [0.3, 0.4) is 0 Å². The fourth-order valence-corrected chi connectivity index (χ4v) is 2.83. The maximum absolute atomic E-state index is 9.49. The summed E-state index contributed by atoms with van der Waals surface area (Å²) in [5.41, 5.74) is 1.39. The number of aryl methyl sites for hydroxylation is 2. The van der Waals surface area contributed by atoms with E-state index >= 15 is 0 Å². The summed E-state index contributed by atoms with van der Waals surface area (Å²) in [6.45, 7) is 1.53. The highest BCUT2D eigenvalue weighted by molar-refractivity contribution is 6.17. The molecule has 22 heavy (non-hydrogen) atoms. The zero-order valence-corrected chi connectivity index (χ0v) is 13.0. The monoisotopic (exact) mass is 316 g/mol. The van der Waals surface area contributed by atoms with Crippen molar-refractivity contribution < 1.29 is 0 Å². The number of rotatable bonds is 4. The highest BCUT2D eigenvalue weighted by atomic mass is 35.5. The number of aromatic nitrogens is 5. The second kappa shape index (κ2) is 6.75. The van der Waals surface area contributed by atoms with Crippen LogP contribution in [0.5, 0.6) is 0 Å². The molecule has 7 heteroatoms. The van der Waals surface area contributed by atoms with Gasteiger partial charge >= 0.3 is 0 Å². The number of hydrogen-bond acceptors (Lipinski definition) is 4. The van der Waals surface area contributed by atoms with Gasteiger partial charge in [0.15, 0.2) is 5.82 Å². The third-order valence-electron chi connectivity index (χ3n) is 3.75. The van der Waals surface area contributed by atoms with E-state index in [1.807, 2.05) is 6.20 Å². The van der Waals surface area contributed by atoms with Gasteiger partial charge in [0.2, 0.25) is 0 Å². The Balaban J connectivity index is 1.92. The predicted molar refractivity (Wildman–Crippen MR) is 84.0 cm³/mol. The second-order valence-electron chi connectivity index (χ2n) is 5.30. The van der Waals surface area contributed by atoms with Crippen LogP contribution in [-0.4, -0.2) is 30.4 Å². The quantitative estimate of drug-likeness (QED) is 0.641. The van der Waals surface area contributed by atoms with Crippen LogP contribution in [0.4, 0.5) is 0 Å². The Kier molecular flexibility index (Phi) is 4.54. The molecule has 1 aliphatic rings. The molecule has 6 nitrogen and oxygen atoms in total. The molecule has 0 aliphatic carbocycles. The van der Waals surface area contributed by atoms with Crippen LogP contribution in [-0.2, 0) is 19.5 Å². The summed E-state index contributed by atoms with van der Waals surface area (Å²) in [6, 6.07) is 2.24. The van der Waals surface area contributed by atoms with Crippen LogP contribution in [0.15, 0.2) is 12.4 Å². The molecule has 0 N–H and O–H groups in total. The number of alkyl halides is 1. The van der Waals surface area contributed by atoms with Gasteiger partial charge in [-0.1, -0.05) is 6.42 Å². The first kappa shape index (κ1) is 14.8. The average Bonchev–Trinajstić information content (AvgIpc) is 3.06. The van der Waals surface area contributed by atoms with Crippen molar-refractivity contribution >= 4 is 23.3 Å². The Hall–Kier alpha value is -2.13. The standard InChI is InChI=1S/C15H17ClN6/c16-5-7-21-11-12(10-18-21)8-13(9-17)15-20-19-14-4-2-1-3-6-22(14)15/h8,10-11H,1-7H2. The van der Waals surface area contributed by atoms with Crippen molar-refractivity contribution in [2.24, 2.45) is 0 Å². The smallest absolute Gasteiger partial charge is 0.174 e. The van der Waals surface area contributed by atoms with Gasteiger partial charge in [0.1, 0.15) is 11.9 Å². The SMILES string of the molecule is N#CC(=Cc1cnn(CCCl)c1)c1nnc2n1CCCCC2. The highest BCUT2D eigenvalue weighted by Gasteiger charge is 2.17. The molecule has 0 saturated heterocycles. The lowest BCUT2D eigenvalue weighted by molar-refractivity contribution is 0.627. The minimum atomic E-state index is 0.508. The van der Waals surface area contributed by atoms with E-state index in [1.165, 1.54) is 6.42 Å². The minimum Gasteiger partial charge on any atom is -0.310 e. The number of allylic oxidation sites excluding steroid dienone is 1. The molecule has 0 saturated carbocycles. The van der Waals surface area contributed by atoms with Gasteiger partial charge in [0.25, 0.3) is 0 Å². The Morgan fingerprint density at radius 3 is 3.09 bits per heavy atom. The first-order valence-electron chi connectivity index (χ1n) is 7.44. The van der Waals surface area contributed by atoms with E-state index in [2.05, 4.69) is 25.9 Å².